The normalized spacial score (nSPS) is 15.9. The summed E-state index contributed by atoms with van der Waals surface area (Å²) in [7, 11) is 0. The number of halogens is 2. The second-order valence-electron chi connectivity index (χ2n) is 3.86. The molecule has 0 radical (unpaired) electrons. The van der Waals surface area contributed by atoms with Gasteiger partial charge in [0.15, 0.2) is 0 Å². The molecule has 0 unspecified atom stereocenters. The van der Waals surface area contributed by atoms with Gasteiger partial charge in [0.1, 0.15) is 0 Å². The number of alkyl halides is 1. The lowest BCUT2D eigenvalue weighted by atomic mass is 10.3. The van der Waals surface area contributed by atoms with Gasteiger partial charge in [-0.1, -0.05) is 0 Å². The Hall–Kier alpha value is -0.120. The maximum atomic E-state index is 5.79. The Labute approximate surface area is 104 Å². The molecule has 0 bridgehead atoms. The minimum atomic E-state index is 0.701. The quantitative estimate of drug-likeness (QED) is 0.775. The second kappa shape index (κ2) is 5.28. The first-order valence-corrected chi connectivity index (χ1v) is 6.53. The Morgan fingerprint density at radius 3 is 2.80 bits per heavy atom. The summed E-state index contributed by atoms with van der Waals surface area (Å²) >= 11 is 9.18. The first-order valence-electron chi connectivity index (χ1n) is 5.20. The van der Waals surface area contributed by atoms with Crippen molar-refractivity contribution < 1.29 is 0 Å². The van der Waals surface area contributed by atoms with Gasteiger partial charge in [-0.2, -0.15) is 0 Å². The molecule has 0 aliphatic heterocycles. The van der Waals surface area contributed by atoms with E-state index in [-0.39, 0.29) is 0 Å². The lowest BCUT2D eigenvalue weighted by molar-refractivity contribution is 0.267. The second-order valence-corrected chi connectivity index (χ2v) is 5.15. The van der Waals surface area contributed by atoms with Gasteiger partial charge in [-0.3, -0.25) is 9.88 Å². The highest BCUT2D eigenvalue weighted by Gasteiger charge is 2.28. The molecule has 82 valence electrons. The van der Waals surface area contributed by atoms with Crippen LogP contribution in [0.3, 0.4) is 0 Å². The van der Waals surface area contributed by atoms with E-state index >= 15 is 0 Å². The maximum absolute atomic E-state index is 5.79. The Morgan fingerprint density at radius 1 is 1.47 bits per heavy atom. The summed E-state index contributed by atoms with van der Waals surface area (Å²) in [6, 6.07) is 4.84. The molecule has 4 heteroatoms. The lowest BCUT2D eigenvalue weighted by Crippen LogP contribution is -2.27. The molecule has 0 N–H and O–H groups in total. The van der Waals surface area contributed by atoms with Crippen molar-refractivity contribution in [2.24, 2.45) is 0 Å². The Morgan fingerprint density at radius 2 is 2.27 bits per heavy atom. The van der Waals surface area contributed by atoms with E-state index in [2.05, 4.69) is 31.9 Å². The SMILES string of the molecule is ClCCN(Cc1ccc(Br)cn1)C1CC1. The van der Waals surface area contributed by atoms with E-state index in [1.165, 1.54) is 12.8 Å². The molecule has 1 aliphatic carbocycles. The predicted octanol–water partition coefficient (Wildman–Crippen LogP) is 3.05. The molecule has 1 heterocycles. The zero-order valence-corrected chi connectivity index (χ0v) is 10.8. The van der Waals surface area contributed by atoms with Gasteiger partial charge in [-0.25, -0.2) is 0 Å². The molecule has 2 nitrogen and oxygen atoms in total. The molecule has 1 fully saturated rings. The molecular weight excluding hydrogens is 275 g/mol. The highest BCUT2D eigenvalue weighted by atomic mass is 79.9. The first-order chi connectivity index (χ1) is 7.29. The fraction of sp³-hybridized carbons (Fsp3) is 0.545. The number of hydrogen-bond acceptors (Lipinski definition) is 2. The largest absolute Gasteiger partial charge is 0.293 e. The molecule has 0 saturated heterocycles. The Bertz CT molecular complexity index is 311. The number of hydrogen-bond donors (Lipinski definition) is 0. The first kappa shape index (κ1) is 11.4. The average molecular weight is 290 g/mol. The van der Waals surface area contributed by atoms with Gasteiger partial charge in [-0.15, -0.1) is 11.6 Å². The van der Waals surface area contributed by atoms with Gasteiger partial charge in [0, 0.05) is 35.7 Å². The van der Waals surface area contributed by atoms with Crippen molar-refractivity contribution in [3.05, 3.63) is 28.5 Å². The third-order valence-electron chi connectivity index (χ3n) is 2.59. The van der Waals surface area contributed by atoms with E-state index in [1.54, 1.807) is 0 Å². The molecule has 1 aromatic rings. The molecule has 15 heavy (non-hydrogen) atoms. The van der Waals surface area contributed by atoms with E-state index in [0.717, 1.165) is 29.3 Å². The fourth-order valence-corrected chi connectivity index (χ4v) is 2.10. The van der Waals surface area contributed by atoms with Crippen LogP contribution in [0.5, 0.6) is 0 Å². The fourth-order valence-electron chi connectivity index (χ4n) is 1.65. The van der Waals surface area contributed by atoms with E-state index in [0.29, 0.717) is 5.88 Å². The van der Waals surface area contributed by atoms with Crippen LogP contribution in [0.2, 0.25) is 0 Å². The van der Waals surface area contributed by atoms with Gasteiger partial charge >= 0.3 is 0 Å². The van der Waals surface area contributed by atoms with Crippen LogP contribution in [0.25, 0.3) is 0 Å². The van der Waals surface area contributed by atoms with Crippen LogP contribution in [0.15, 0.2) is 22.8 Å². The van der Waals surface area contributed by atoms with Crippen molar-refractivity contribution in [2.75, 3.05) is 12.4 Å². The monoisotopic (exact) mass is 288 g/mol. The Kier molecular flexibility index (Phi) is 4.00. The number of aromatic nitrogens is 1. The number of pyridine rings is 1. The standard InChI is InChI=1S/C11H14BrClN2/c12-9-1-2-10(14-7-9)8-15(6-5-13)11-3-4-11/h1-2,7,11H,3-6,8H2. The van der Waals surface area contributed by atoms with Crippen LogP contribution in [0.1, 0.15) is 18.5 Å². The molecule has 2 rings (SSSR count). The zero-order chi connectivity index (χ0) is 10.7. The summed E-state index contributed by atoms with van der Waals surface area (Å²) in [5.74, 6) is 0.701. The number of nitrogens with zero attached hydrogens (tertiary/aromatic N) is 2. The van der Waals surface area contributed by atoms with Crippen LogP contribution in [0.4, 0.5) is 0 Å². The summed E-state index contributed by atoms with van der Waals surface area (Å²) in [5.41, 5.74) is 1.12. The average Bonchev–Trinajstić information content (AvgIpc) is 3.04. The third kappa shape index (κ3) is 3.44. The number of rotatable bonds is 5. The molecule has 1 aliphatic rings. The van der Waals surface area contributed by atoms with Gasteiger partial charge in [0.25, 0.3) is 0 Å². The summed E-state index contributed by atoms with van der Waals surface area (Å²) in [4.78, 5) is 6.80. The van der Waals surface area contributed by atoms with Crippen molar-refractivity contribution in [3.8, 4) is 0 Å². The van der Waals surface area contributed by atoms with Gasteiger partial charge in [0.2, 0.25) is 0 Å². The molecular formula is C11H14BrClN2. The van der Waals surface area contributed by atoms with Gasteiger partial charge in [0.05, 0.1) is 5.69 Å². The lowest BCUT2D eigenvalue weighted by Gasteiger charge is -2.19. The van der Waals surface area contributed by atoms with E-state index in [1.807, 2.05) is 12.3 Å². The van der Waals surface area contributed by atoms with Gasteiger partial charge in [-0.05, 0) is 40.9 Å². The molecule has 1 aromatic heterocycles. The van der Waals surface area contributed by atoms with E-state index in [4.69, 9.17) is 11.6 Å². The van der Waals surface area contributed by atoms with Crippen molar-refractivity contribution in [1.82, 2.24) is 9.88 Å². The van der Waals surface area contributed by atoms with Crippen LogP contribution >= 0.6 is 27.5 Å². The summed E-state index contributed by atoms with van der Waals surface area (Å²) in [5, 5.41) is 0. The summed E-state index contributed by atoms with van der Waals surface area (Å²) in [6.45, 7) is 1.88. The predicted molar refractivity (Wildman–Crippen MR) is 66.1 cm³/mol. The van der Waals surface area contributed by atoms with Crippen molar-refractivity contribution in [3.63, 3.8) is 0 Å². The summed E-state index contributed by atoms with van der Waals surface area (Å²) in [6.07, 6.45) is 4.47. The topological polar surface area (TPSA) is 16.1 Å². The van der Waals surface area contributed by atoms with Crippen molar-refractivity contribution in [2.45, 2.75) is 25.4 Å². The van der Waals surface area contributed by atoms with Crippen LogP contribution < -0.4 is 0 Å². The van der Waals surface area contributed by atoms with E-state index < -0.39 is 0 Å². The minimum absolute atomic E-state index is 0.701. The molecule has 0 spiro atoms. The van der Waals surface area contributed by atoms with Crippen LogP contribution in [-0.2, 0) is 6.54 Å². The Balaban J connectivity index is 1.95. The smallest absolute Gasteiger partial charge is 0.0544 e. The zero-order valence-electron chi connectivity index (χ0n) is 8.50. The highest BCUT2D eigenvalue weighted by molar-refractivity contribution is 9.10. The summed E-state index contributed by atoms with van der Waals surface area (Å²) < 4.78 is 1.03. The van der Waals surface area contributed by atoms with Crippen molar-refractivity contribution in [1.29, 1.82) is 0 Å². The van der Waals surface area contributed by atoms with Crippen LogP contribution in [0, 0.1) is 0 Å². The minimum Gasteiger partial charge on any atom is -0.293 e. The van der Waals surface area contributed by atoms with E-state index in [9.17, 15) is 0 Å². The molecule has 1 saturated carbocycles. The molecule has 0 amide bonds. The highest BCUT2D eigenvalue weighted by Crippen LogP contribution is 2.27. The molecule has 0 aromatic carbocycles. The third-order valence-corrected chi connectivity index (χ3v) is 3.23. The van der Waals surface area contributed by atoms with Crippen LogP contribution in [-0.4, -0.2) is 28.4 Å². The molecule has 0 atom stereocenters. The van der Waals surface area contributed by atoms with Crippen molar-refractivity contribution >= 4 is 27.5 Å². The maximum Gasteiger partial charge on any atom is 0.0544 e. The van der Waals surface area contributed by atoms with Gasteiger partial charge < -0.3 is 0 Å².